The summed E-state index contributed by atoms with van der Waals surface area (Å²) in [7, 11) is 0. The molecule has 0 aliphatic rings. The minimum atomic E-state index is 0.107. The van der Waals surface area contributed by atoms with Crippen molar-refractivity contribution < 1.29 is 4.74 Å². The number of rotatable bonds is 3. The van der Waals surface area contributed by atoms with Crippen LogP contribution in [0.2, 0.25) is 5.28 Å². The van der Waals surface area contributed by atoms with E-state index < -0.39 is 0 Å². The predicted molar refractivity (Wildman–Crippen MR) is 45.2 cm³/mol. The van der Waals surface area contributed by atoms with Crippen molar-refractivity contribution in [2.45, 2.75) is 26.4 Å². The fraction of sp³-hybridized carbons (Fsp3) is 0.571. The van der Waals surface area contributed by atoms with E-state index in [1.54, 1.807) is 0 Å². The minimum Gasteiger partial charge on any atom is -0.473 e. The van der Waals surface area contributed by atoms with Gasteiger partial charge in [-0.2, -0.15) is 10.1 Å². The van der Waals surface area contributed by atoms with E-state index in [-0.39, 0.29) is 11.4 Å². The minimum absolute atomic E-state index is 0.107. The standard InChI is InChI=1S/C7H10ClN3O/c1-3-5(2)12-6-4-9-11-7(8)10-6/h4-5H,3H2,1-2H3. The zero-order valence-electron chi connectivity index (χ0n) is 6.99. The summed E-state index contributed by atoms with van der Waals surface area (Å²) in [6.45, 7) is 3.98. The fourth-order valence-electron chi connectivity index (χ4n) is 0.614. The van der Waals surface area contributed by atoms with Crippen molar-refractivity contribution in [3.63, 3.8) is 0 Å². The molecule has 1 heterocycles. The molecule has 0 saturated heterocycles. The normalized spacial score (nSPS) is 12.6. The molecule has 0 saturated carbocycles. The Hall–Kier alpha value is -0.900. The topological polar surface area (TPSA) is 47.9 Å². The number of hydrogen-bond acceptors (Lipinski definition) is 4. The van der Waals surface area contributed by atoms with Gasteiger partial charge >= 0.3 is 0 Å². The lowest BCUT2D eigenvalue weighted by Gasteiger charge is -2.09. The Balaban J connectivity index is 2.63. The van der Waals surface area contributed by atoms with Crippen LogP contribution in [0.1, 0.15) is 20.3 Å². The van der Waals surface area contributed by atoms with Crippen LogP contribution in [0.25, 0.3) is 0 Å². The summed E-state index contributed by atoms with van der Waals surface area (Å²) in [6.07, 6.45) is 2.48. The van der Waals surface area contributed by atoms with Gasteiger partial charge in [-0.25, -0.2) is 0 Å². The van der Waals surface area contributed by atoms with Gasteiger partial charge in [-0.3, -0.25) is 0 Å². The molecule has 0 aliphatic heterocycles. The van der Waals surface area contributed by atoms with E-state index in [0.717, 1.165) is 6.42 Å². The first kappa shape index (κ1) is 9.19. The predicted octanol–water partition coefficient (Wildman–Crippen LogP) is 1.70. The summed E-state index contributed by atoms with van der Waals surface area (Å²) in [5, 5.41) is 7.21. The summed E-state index contributed by atoms with van der Waals surface area (Å²) in [4.78, 5) is 3.83. The van der Waals surface area contributed by atoms with Crippen LogP contribution in [-0.4, -0.2) is 21.3 Å². The molecule has 1 rings (SSSR count). The highest BCUT2D eigenvalue weighted by Gasteiger charge is 2.03. The van der Waals surface area contributed by atoms with E-state index in [1.807, 2.05) is 13.8 Å². The number of nitrogens with zero attached hydrogens (tertiary/aromatic N) is 3. The third-order valence-electron chi connectivity index (χ3n) is 1.41. The molecule has 12 heavy (non-hydrogen) atoms. The maximum atomic E-state index is 5.51. The first-order valence-corrected chi connectivity index (χ1v) is 4.12. The van der Waals surface area contributed by atoms with Crippen LogP contribution in [0.15, 0.2) is 6.20 Å². The first-order valence-electron chi connectivity index (χ1n) is 3.74. The van der Waals surface area contributed by atoms with Crippen LogP contribution in [0.5, 0.6) is 5.88 Å². The van der Waals surface area contributed by atoms with Gasteiger partial charge in [0, 0.05) is 0 Å². The molecule has 66 valence electrons. The van der Waals surface area contributed by atoms with Crippen molar-refractivity contribution in [2.24, 2.45) is 0 Å². The molecule has 0 amide bonds. The smallest absolute Gasteiger partial charge is 0.246 e. The molecular weight excluding hydrogens is 178 g/mol. The van der Waals surface area contributed by atoms with E-state index in [4.69, 9.17) is 16.3 Å². The lowest BCUT2D eigenvalue weighted by atomic mass is 10.3. The molecule has 1 unspecified atom stereocenters. The van der Waals surface area contributed by atoms with E-state index in [1.165, 1.54) is 6.20 Å². The summed E-state index contributed by atoms with van der Waals surface area (Å²) in [6, 6.07) is 0. The summed E-state index contributed by atoms with van der Waals surface area (Å²) in [5.74, 6) is 0.421. The van der Waals surface area contributed by atoms with Crippen molar-refractivity contribution >= 4 is 11.6 Å². The number of ether oxygens (including phenoxy) is 1. The highest BCUT2D eigenvalue weighted by molar-refractivity contribution is 6.28. The molecule has 4 nitrogen and oxygen atoms in total. The van der Waals surface area contributed by atoms with Gasteiger partial charge in [-0.05, 0) is 24.9 Å². The highest BCUT2D eigenvalue weighted by Crippen LogP contribution is 2.09. The van der Waals surface area contributed by atoms with Crippen LogP contribution in [0.4, 0.5) is 0 Å². The van der Waals surface area contributed by atoms with Crippen LogP contribution < -0.4 is 4.74 Å². The Kier molecular flexibility index (Phi) is 3.22. The van der Waals surface area contributed by atoms with E-state index in [0.29, 0.717) is 5.88 Å². The van der Waals surface area contributed by atoms with Gasteiger partial charge in [0.25, 0.3) is 0 Å². The van der Waals surface area contributed by atoms with Crippen LogP contribution in [0, 0.1) is 0 Å². The monoisotopic (exact) mass is 187 g/mol. The lowest BCUT2D eigenvalue weighted by Crippen LogP contribution is -2.11. The van der Waals surface area contributed by atoms with Crippen LogP contribution in [0.3, 0.4) is 0 Å². The largest absolute Gasteiger partial charge is 0.473 e. The molecule has 0 fully saturated rings. The highest BCUT2D eigenvalue weighted by atomic mass is 35.5. The van der Waals surface area contributed by atoms with Crippen molar-refractivity contribution in [1.82, 2.24) is 15.2 Å². The molecule has 5 heteroatoms. The van der Waals surface area contributed by atoms with Crippen LogP contribution >= 0.6 is 11.6 Å². The van der Waals surface area contributed by atoms with E-state index in [9.17, 15) is 0 Å². The number of aromatic nitrogens is 3. The molecule has 1 aromatic heterocycles. The maximum absolute atomic E-state index is 5.51. The SMILES string of the molecule is CCC(C)Oc1cnnc(Cl)n1. The second kappa shape index (κ2) is 4.21. The summed E-state index contributed by atoms with van der Waals surface area (Å²) in [5.41, 5.74) is 0. The average molecular weight is 188 g/mol. The molecule has 1 atom stereocenters. The molecule has 1 aromatic rings. The quantitative estimate of drug-likeness (QED) is 0.723. The van der Waals surface area contributed by atoms with E-state index >= 15 is 0 Å². The van der Waals surface area contributed by atoms with Crippen molar-refractivity contribution in [3.05, 3.63) is 11.5 Å². The van der Waals surface area contributed by atoms with Crippen molar-refractivity contribution in [1.29, 1.82) is 0 Å². The van der Waals surface area contributed by atoms with Gasteiger partial charge in [0.05, 0.1) is 6.10 Å². The molecule has 0 radical (unpaired) electrons. The lowest BCUT2D eigenvalue weighted by molar-refractivity contribution is 0.207. The van der Waals surface area contributed by atoms with E-state index in [2.05, 4.69) is 15.2 Å². The van der Waals surface area contributed by atoms with Gasteiger partial charge in [-0.15, -0.1) is 5.10 Å². The van der Waals surface area contributed by atoms with Gasteiger partial charge in [0.2, 0.25) is 11.2 Å². The van der Waals surface area contributed by atoms with Gasteiger partial charge in [0.1, 0.15) is 6.20 Å². The van der Waals surface area contributed by atoms with Gasteiger partial charge in [-0.1, -0.05) is 6.92 Å². The summed E-state index contributed by atoms with van der Waals surface area (Å²) < 4.78 is 5.35. The molecule has 0 bridgehead atoms. The Morgan fingerprint density at radius 2 is 2.42 bits per heavy atom. The molecule has 0 aliphatic carbocycles. The third kappa shape index (κ3) is 2.62. The zero-order valence-corrected chi connectivity index (χ0v) is 7.75. The Morgan fingerprint density at radius 3 is 3.00 bits per heavy atom. The Morgan fingerprint density at radius 1 is 1.67 bits per heavy atom. The first-order chi connectivity index (χ1) is 5.72. The third-order valence-corrected chi connectivity index (χ3v) is 1.57. The number of hydrogen-bond donors (Lipinski definition) is 0. The Bertz CT molecular complexity index is 256. The second-order valence-electron chi connectivity index (χ2n) is 2.40. The maximum Gasteiger partial charge on any atom is 0.246 e. The van der Waals surface area contributed by atoms with Crippen molar-refractivity contribution in [3.8, 4) is 5.88 Å². The molecule has 0 N–H and O–H groups in total. The average Bonchev–Trinajstić information content (AvgIpc) is 2.04. The molecule has 0 spiro atoms. The van der Waals surface area contributed by atoms with Crippen LogP contribution in [-0.2, 0) is 0 Å². The molecule has 0 aromatic carbocycles. The second-order valence-corrected chi connectivity index (χ2v) is 2.74. The number of halogens is 1. The molecular formula is C7H10ClN3O. The Labute approximate surface area is 75.9 Å². The van der Waals surface area contributed by atoms with Gasteiger partial charge < -0.3 is 4.74 Å². The van der Waals surface area contributed by atoms with Gasteiger partial charge in [0.15, 0.2) is 0 Å². The fourth-order valence-corrected chi connectivity index (χ4v) is 0.741. The summed E-state index contributed by atoms with van der Waals surface area (Å²) >= 11 is 5.51. The zero-order chi connectivity index (χ0) is 8.97. The van der Waals surface area contributed by atoms with Crippen molar-refractivity contribution in [2.75, 3.05) is 0 Å².